The van der Waals surface area contributed by atoms with E-state index in [1.54, 1.807) is 13.0 Å². The predicted molar refractivity (Wildman–Crippen MR) is 86.0 cm³/mol. The third kappa shape index (κ3) is 4.10. The maximum absolute atomic E-state index is 12.4. The molecule has 1 saturated heterocycles. The Morgan fingerprint density at radius 2 is 2.00 bits per heavy atom. The molecule has 118 valence electrons. The average molecular weight is 332 g/mol. The van der Waals surface area contributed by atoms with Gasteiger partial charge in [0.2, 0.25) is 10.0 Å². The number of benzene rings is 1. The van der Waals surface area contributed by atoms with Crippen molar-refractivity contribution in [3.8, 4) is 0 Å². The number of hydrogen-bond donors (Lipinski definition) is 2. The number of nitrogens with two attached hydrogens (primary N) is 1. The molecule has 1 aromatic rings. The molecule has 0 bridgehead atoms. The summed E-state index contributed by atoms with van der Waals surface area (Å²) in [6, 6.07) is 3.01. The SMILES string of the molecule is Cc1cc(Cl)c(S(=O)(=O)NCC2CCN(C)CC2)cc1N. The molecule has 2 rings (SSSR count). The number of sulfonamides is 1. The minimum atomic E-state index is -3.62. The van der Waals surface area contributed by atoms with E-state index >= 15 is 0 Å². The molecular weight excluding hydrogens is 310 g/mol. The minimum Gasteiger partial charge on any atom is -0.398 e. The number of likely N-dealkylation sites (tertiary alicyclic amines) is 1. The van der Waals surface area contributed by atoms with Crippen molar-refractivity contribution in [2.24, 2.45) is 5.92 Å². The molecule has 1 aromatic carbocycles. The van der Waals surface area contributed by atoms with Gasteiger partial charge in [-0.25, -0.2) is 13.1 Å². The molecule has 1 fully saturated rings. The van der Waals surface area contributed by atoms with Gasteiger partial charge < -0.3 is 10.6 Å². The van der Waals surface area contributed by atoms with Crippen molar-refractivity contribution in [3.63, 3.8) is 0 Å². The van der Waals surface area contributed by atoms with Crippen molar-refractivity contribution < 1.29 is 8.42 Å². The van der Waals surface area contributed by atoms with Gasteiger partial charge in [-0.1, -0.05) is 11.6 Å². The Morgan fingerprint density at radius 3 is 2.62 bits per heavy atom. The Bertz CT molecular complexity index is 611. The second kappa shape index (κ2) is 6.52. The van der Waals surface area contributed by atoms with E-state index in [2.05, 4.69) is 16.7 Å². The first-order valence-electron chi connectivity index (χ1n) is 7.03. The van der Waals surface area contributed by atoms with Crippen molar-refractivity contribution in [2.75, 3.05) is 32.4 Å². The number of piperidine rings is 1. The van der Waals surface area contributed by atoms with Crippen molar-refractivity contribution in [2.45, 2.75) is 24.7 Å². The summed E-state index contributed by atoms with van der Waals surface area (Å²) in [7, 11) is -1.54. The number of anilines is 1. The van der Waals surface area contributed by atoms with Crippen LogP contribution in [-0.2, 0) is 10.0 Å². The van der Waals surface area contributed by atoms with Crippen LogP contribution in [0.1, 0.15) is 18.4 Å². The van der Waals surface area contributed by atoms with E-state index < -0.39 is 10.0 Å². The lowest BCUT2D eigenvalue weighted by Crippen LogP contribution is -2.36. The lowest BCUT2D eigenvalue weighted by atomic mass is 9.98. The Labute approximate surface area is 131 Å². The fourth-order valence-electron chi connectivity index (χ4n) is 2.45. The summed E-state index contributed by atoms with van der Waals surface area (Å²) in [4.78, 5) is 2.31. The third-order valence-electron chi connectivity index (χ3n) is 4.01. The van der Waals surface area contributed by atoms with Gasteiger partial charge in [0, 0.05) is 12.2 Å². The van der Waals surface area contributed by atoms with Gasteiger partial charge in [-0.05, 0) is 63.5 Å². The monoisotopic (exact) mass is 331 g/mol. The predicted octanol–water partition coefficient (Wildman–Crippen LogP) is 1.85. The second-order valence-corrected chi connectivity index (χ2v) is 7.88. The highest BCUT2D eigenvalue weighted by Gasteiger charge is 2.22. The molecule has 0 spiro atoms. The van der Waals surface area contributed by atoms with Gasteiger partial charge in [-0.15, -0.1) is 0 Å². The second-order valence-electron chi connectivity index (χ2n) is 5.74. The van der Waals surface area contributed by atoms with Crippen LogP contribution in [-0.4, -0.2) is 40.0 Å². The maximum Gasteiger partial charge on any atom is 0.242 e. The Hall–Kier alpha value is -0.820. The van der Waals surface area contributed by atoms with Crippen molar-refractivity contribution in [3.05, 3.63) is 22.7 Å². The molecule has 1 aliphatic rings. The molecular formula is C14H22ClN3O2S. The highest BCUT2D eigenvalue weighted by molar-refractivity contribution is 7.89. The topological polar surface area (TPSA) is 75.4 Å². The van der Waals surface area contributed by atoms with Gasteiger partial charge in [0.25, 0.3) is 0 Å². The molecule has 0 atom stereocenters. The van der Waals surface area contributed by atoms with Crippen molar-refractivity contribution in [1.82, 2.24) is 9.62 Å². The number of rotatable bonds is 4. The van der Waals surface area contributed by atoms with Crippen LogP contribution < -0.4 is 10.5 Å². The van der Waals surface area contributed by atoms with Crippen LogP contribution in [0.5, 0.6) is 0 Å². The molecule has 0 amide bonds. The number of halogens is 1. The van der Waals surface area contributed by atoms with Gasteiger partial charge in [-0.2, -0.15) is 0 Å². The fraction of sp³-hybridized carbons (Fsp3) is 0.571. The number of nitrogens with one attached hydrogen (secondary N) is 1. The summed E-state index contributed by atoms with van der Waals surface area (Å²) in [6.07, 6.45) is 2.01. The number of nitrogen functional groups attached to an aromatic ring is 1. The Kier molecular flexibility index (Phi) is 5.14. The van der Waals surface area contributed by atoms with Crippen LogP contribution in [0.3, 0.4) is 0 Å². The third-order valence-corrected chi connectivity index (χ3v) is 5.90. The molecule has 3 N–H and O–H groups in total. The van der Waals surface area contributed by atoms with E-state index in [9.17, 15) is 8.42 Å². The van der Waals surface area contributed by atoms with Crippen LogP contribution in [0.2, 0.25) is 5.02 Å². The first kappa shape index (κ1) is 16.5. The summed E-state index contributed by atoms with van der Waals surface area (Å²) in [5.74, 6) is 0.373. The quantitative estimate of drug-likeness (QED) is 0.826. The lowest BCUT2D eigenvalue weighted by Gasteiger charge is -2.28. The van der Waals surface area contributed by atoms with Gasteiger partial charge in [0.05, 0.1) is 5.02 Å². The zero-order chi connectivity index (χ0) is 15.6. The van der Waals surface area contributed by atoms with E-state index in [1.165, 1.54) is 6.07 Å². The number of nitrogens with zero attached hydrogens (tertiary/aromatic N) is 1. The van der Waals surface area contributed by atoms with Crippen LogP contribution in [0, 0.1) is 12.8 Å². The minimum absolute atomic E-state index is 0.0557. The summed E-state index contributed by atoms with van der Waals surface area (Å²) >= 11 is 6.05. The Balaban J connectivity index is 2.07. The fourth-order valence-corrected chi connectivity index (χ4v) is 4.18. The molecule has 0 saturated carbocycles. The van der Waals surface area contributed by atoms with E-state index in [1.807, 2.05) is 0 Å². The van der Waals surface area contributed by atoms with Crippen LogP contribution in [0.15, 0.2) is 17.0 Å². The lowest BCUT2D eigenvalue weighted by molar-refractivity contribution is 0.220. The van der Waals surface area contributed by atoms with Crippen LogP contribution in [0.4, 0.5) is 5.69 Å². The standard InChI is InChI=1S/C14H22ClN3O2S/c1-10-7-12(15)14(8-13(10)16)21(19,20)17-9-11-3-5-18(2)6-4-11/h7-8,11,17H,3-6,9,16H2,1-2H3. The molecule has 0 radical (unpaired) electrons. The first-order valence-corrected chi connectivity index (χ1v) is 8.89. The molecule has 1 aliphatic heterocycles. The number of aryl methyl sites for hydroxylation is 1. The highest BCUT2D eigenvalue weighted by Crippen LogP contribution is 2.27. The van der Waals surface area contributed by atoms with Gasteiger partial charge in [0.1, 0.15) is 4.90 Å². The first-order chi connectivity index (χ1) is 9.79. The molecule has 0 aromatic heterocycles. The van der Waals surface area contributed by atoms with E-state index in [0.29, 0.717) is 18.2 Å². The van der Waals surface area contributed by atoms with Crippen molar-refractivity contribution in [1.29, 1.82) is 0 Å². The average Bonchev–Trinajstić information content (AvgIpc) is 2.42. The molecule has 21 heavy (non-hydrogen) atoms. The summed E-state index contributed by atoms with van der Waals surface area (Å²) in [5, 5.41) is 0.206. The highest BCUT2D eigenvalue weighted by atomic mass is 35.5. The van der Waals surface area contributed by atoms with Crippen molar-refractivity contribution >= 4 is 27.3 Å². The largest absolute Gasteiger partial charge is 0.398 e. The summed E-state index contributed by atoms with van der Waals surface area (Å²) < 4.78 is 27.4. The van der Waals surface area contributed by atoms with Crippen LogP contribution >= 0.6 is 11.6 Å². The van der Waals surface area contributed by atoms with E-state index in [4.69, 9.17) is 17.3 Å². The smallest absolute Gasteiger partial charge is 0.242 e. The number of hydrogen-bond acceptors (Lipinski definition) is 4. The van der Waals surface area contributed by atoms with Crippen LogP contribution in [0.25, 0.3) is 0 Å². The van der Waals surface area contributed by atoms with E-state index in [0.717, 1.165) is 31.5 Å². The molecule has 0 aliphatic carbocycles. The molecule has 0 unspecified atom stereocenters. The molecule has 5 nitrogen and oxygen atoms in total. The summed E-state index contributed by atoms with van der Waals surface area (Å²) in [5.41, 5.74) is 6.99. The van der Waals surface area contributed by atoms with Gasteiger partial charge in [-0.3, -0.25) is 0 Å². The maximum atomic E-state index is 12.4. The molecule has 1 heterocycles. The normalized spacial score (nSPS) is 18.0. The zero-order valence-electron chi connectivity index (χ0n) is 12.4. The molecule has 7 heteroatoms. The Morgan fingerprint density at radius 1 is 1.38 bits per heavy atom. The summed E-state index contributed by atoms with van der Waals surface area (Å²) in [6.45, 7) is 4.25. The van der Waals surface area contributed by atoms with Gasteiger partial charge in [0.15, 0.2) is 0 Å². The van der Waals surface area contributed by atoms with E-state index in [-0.39, 0.29) is 9.92 Å². The zero-order valence-corrected chi connectivity index (χ0v) is 14.0. The van der Waals surface area contributed by atoms with Gasteiger partial charge >= 0.3 is 0 Å².